The Morgan fingerprint density at radius 3 is 2.28 bits per heavy atom. The molecule has 0 atom stereocenters. The smallest absolute Gasteiger partial charge is 0.239 e. The van der Waals surface area contributed by atoms with Gasteiger partial charge < -0.3 is 15.0 Å². The van der Waals surface area contributed by atoms with Crippen LogP contribution in [0.15, 0.2) is 54.6 Å². The zero-order chi connectivity index (χ0) is 18.1. The van der Waals surface area contributed by atoms with E-state index in [1.807, 2.05) is 54.6 Å². The molecular weight excluding hydrogens is 316 g/mol. The third kappa shape index (κ3) is 6.30. The van der Waals surface area contributed by atoms with Gasteiger partial charge >= 0.3 is 0 Å². The van der Waals surface area contributed by atoms with Crippen LogP contribution in [0.5, 0.6) is 5.75 Å². The maximum atomic E-state index is 12.1. The third-order valence-electron chi connectivity index (χ3n) is 3.94. The first-order valence-corrected chi connectivity index (χ1v) is 8.27. The Hall–Kier alpha value is -2.82. The van der Waals surface area contributed by atoms with Crippen LogP contribution in [0.2, 0.25) is 0 Å². The molecule has 132 valence electrons. The normalized spacial score (nSPS) is 10.2. The van der Waals surface area contributed by atoms with E-state index >= 15 is 0 Å². The Labute approximate surface area is 148 Å². The zero-order valence-electron chi connectivity index (χ0n) is 14.7. The largest absolute Gasteiger partial charge is 0.497 e. The standard InChI is InChI=1S/C20H24N2O3/c1-16(23)22(13-12-17-8-10-19(25-2)11-9-17)15-20(24)21-14-18-6-4-3-5-7-18/h3-11H,12-15H2,1-2H3,(H,21,24). The van der Waals surface area contributed by atoms with E-state index in [0.29, 0.717) is 19.5 Å². The fraction of sp³-hybridized carbons (Fsp3) is 0.300. The number of amides is 2. The fourth-order valence-corrected chi connectivity index (χ4v) is 2.43. The van der Waals surface area contributed by atoms with Gasteiger partial charge in [-0.05, 0) is 29.7 Å². The molecule has 0 saturated heterocycles. The molecule has 2 amide bonds. The van der Waals surface area contributed by atoms with E-state index in [4.69, 9.17) is 4.74 Å². The molecule has 0 aliphatic heterocycles. The van der Waals surface area contributed by atoms with Crippen molar-refractivity contribution in [3.63, 3.8) is 0 Å². The number of carbonyl (C=O) groups excluding carboxylic acids is 2. The SMILES string of the molecule is COc1ccc(CCN(CC(=O)NCc2ccccc2)C(C)=O)cc1. The van der Waals surface area contributed by atoms with Crippen LogP contribution in [0, 0.1) is 0 Å². The number of methoxy groups -OCH3 is 1. The maximum absolute atomic E-state index is 12.1. The molecule has 2 rings (SSSR count). The summed E-state index contributed by atoms with van der Waals surface area (Å²) in [6.45, 7) is 2.52. The lowest BCUT2D eigenvalue weighted by atomic mass is 10.1. The molecule has 5 heteroatoms. The molecule has 0 radical (unpaired) electrons. The highest BCUT2D eigenvalue weighted by Crippen LogP contribution is 2.12. The van der Waals surface area contributed by atoms with Crippen LogP contribution >= 0.6 is 0 Å². The molecule has 0 unspecified atom stereocenters. The molecule has 0 bridgehead atoms. The molecule has 5 nitrogen and oxygen atoms in total. The quantitative estimate of drug-likeness (QED) is 0.803. The van der Waals surface area contributed by atoms with Crippen molar-refractivity contribution >= 4 is 11.8 Å². The van der Waals surface area contributed by atoms with Gasteiger partial charge in [0.05, 0.1) is 13.7 Å². The molecule has 0 saturated carbocycles. The Morgan fingerprint density at radius 1 is 1.00 bits per heavy atom. The van der Waals surface area contributed by atoms with Crippen LogP contribution < -0.4 is 10.1 Å². The molecule has 2 aromatic carbocycles. The Morgan fingerprint density at radius 2 is 1.68 bits per heavy atom. The highest BCUT2D eigenvalue weighted by Gasteiger charge is 2.13. The molecule has 0 aliphatic carbocycles. The molecular formula is C20H24N2O3. The monoisotopic (exact) mass is 340 g/mol. The van der Waals surface area contributed by atoms with Crippen molar-refractivity contribution in [3.05, 3.63) is 65.7 Å². The molecule has 1 N–H and O–H groups in total. The minimum absolute atomic E-state index is 0.0678. The summed E-state index contributed by atoms with van der Waals surface area (Å²) in [5, 5.41) is 2.85. The third-order valence-corrected chi connectivity index (χ3v) is 3.94. The van der Waals surface area contributed by atoms with Gasteiger partial charge in [-0.25, -0.2) is 0 Å². The minimum atomic E-state index is -0.159. The van der Waals surface area contributed by atoms with Crippen molar-refractivity contribution in [3.8, 4) is 5.75 Å². The second-order valence-electron chi connectivity index (χ2n) is 5.80. The lowest BCUT2D eigenvalue weighted by Crippen LogP contribution is -2.40. The second kappa shape index (κ2) is 9.47. The Balaban J connectivity index is 1.82. The van der Waals surface area contributed by atoms with Crippen LogP contribution in [-0.2, 0) is 22.6 Å². The van der Waals surface area contributed by atoms with Gasteiger partial charge in [0.25, 0.3) is 0 Å². The first-order chi connectivity index (χ1) is 12.1. The van der Waals surface area contributed by atoms with Gasteiger partial charge in [-0.15, -0.1) is 0 Å². The van der Waals surface area contributed by atoms with E-state index in [1.165, 1.54) is 6.92 Å². The predicted octanol–water partition coefficient (Wildman–Crippen LogP) is 2.40. The molecule has 0 spiro atoms. The van der Waals surface area contributed by atoms with Crippen molar-refractivity contribution in [2.24, 2.45) is 0 Å². The van der Waals surface area contributed by atoms with Gasteiger partial charge in [0.1, 0.15) is 5.75 Å². The van der Waals surface area contributed by atoms with Gasteiger partial charge in [0.2, 0.25) is 11.8 Å². The average Bonchev–Trinajstić information content (AvgIpc) is 2.64. The first-order valence-electron chi connectivity index (χ1n) is 8.27. The summed E-state index contributed by atoms with van der Waals surface area (Å²) in [7, 11) is 1.63. The fourth-order valence-electron chi connectivity index (χ4n) is 2.43. The predicted molar refractivity (Wildman–Crippen MR) is 97.2 cm³/mol. The van der Waals surface area contributed by atoms with Crippen molar-refractivity contribution in [1.82, 2.24) is 10.2 Å². The summed E-state index contributed by atoms with van der Waals surface area (Å²) in [5.41, 5.74) is 2.13. The lowest BCUT2D eigenvalue weighted by molar-refractivity contribution is -0.134. The summed E-state index contributed by atoms with van der Waals surface area (Å²) in [4.78, 5) is 25.5. The number of nitrogens with one attached hydrogen (secondary N) is 1. The minimum Gasteiger partial charge on any atom is -0.497 e. The van der Waals surface area contributed by atoms with Gasteiger partial charge in [-0.2, -0.15) is 0 Å². The first kappa shape index (κ1) is 18.5. The number of benzene rings is 2. The zero-order valence-corrected chi connectivity index (χ0v) is 14.7. The number of hydrogen-bond donors (Lipinski definition) is 1. The highest BCUT2D eigenvalue weighted by molar-refractivity contribution is 5.83. The van der Waals surface area contributed by atoms with Crippen molar-refractivity contribution in [2.45, 2.75) is 19.9 Å². The van der Waals surface area contributed by atoms with Crippen LogP contribution in [0.4, 0.5) is 0 Å². The second-order valence-corrected chi connectivity index (χ2v) is 5.80. The summed E-state index contributed by atoms with van der Waals surface area (Å²) in [6.07, 6.45) is 0.690. The van der Waals surface area contributed by atoms with E-state index in [2.05, 4.69) is 5.32 Å². The Kier molecular flexibility index (Phi) is 7.01. The van der Waals surface area contributed by atoms with E-state index < -0.39 is 0 Å². The van der Waals surface area contributed by atoms with Gasteiger partial charge in [-0.3, -0.25) is 9.59 Å². The molecule has 2 aromatic rings. The molecule has 25 heavy (non-hydrogen) atoms. The summed E-state index contributed by atoms with van der Waals surface area (Å²) in [5.74, 6) is 0.532. The Bertz CT molecular complexity index is 684. The lowest BCUT2D eigenvalue weighted by Gasteiger charge is -2.20. The summed E-state index contributed by atoms with van der Waals surface area (Å²) in [6, 6.07) is 17.4. The van der Waals surface area contributed by atoms with Crippen LogP contribution in [0.1, 0.15) is 18.1 Å². The number of hydrogen-bond acceptors (Lipinski definition) is 3. The summed E-state index contributed by atoms with van der Waals surface area (Å²) >= 11 is 0. The van der Waals surface area contributed by atoms with E-state index in [0.717, 1.165) is 16.9 Å². The van der Waals surface area contributed by atoms with E-state index in [9.17, 15) is 9.59 Å². The highest BCUT2D eigenvalue weighted by atomic mass is 16.5. The molecule has 0 aromatic heterocycles. The van der Waals surface area contributed by atoms with E-state index in [-0.39, 0.29) is 18.4 Å². The summed E-state index contributed by atoms with van der Waals surface area (Å²) < 4.78 is 5.13. The van der Waals surface area contributed by atoms with Crippen LogP contribution in [-0.4, -0.2) is 36.9 Å². The number of rotatable bonds is 8. The number of ether oxygens (including phenoxy) is 1. The topological polar surface area (TPSA) is 58.6 Å². The maximum Gasteiger partial charge on any atom is 0.239 e. The number of carbonyl (C=O) groups is 2. The van der Waals surface area contributed by atoms with Crippen molar-refractivity contribution in [2.75, 3.05) is 20.2 Å². The average molecular weight is 340 g/mol. The van der Waals surface area contributed by atoms with Gasteiger partial charge in [-0.1, -0.05) is 42.5 Å². The van der Waals surface area contributed by atoms with E-state index in [1.54, 1.807) is 12.0 Å². The number of nitrogens with zero attached hydrogens (tertiary/aromatic N) is 1. The van der Waals surface area contributed by atoms with Crippen molar-refractivity contribution in [1.29, 1.82) is 0 Å². The van der Waals surface area contributed by atoms with Crippen molar-refractivity contribution < 1.29 is 14.3 Å². The van der Waals surface area contributed by atoms with Crippen LogP contribution in [0.3, 0.4) is 0 Å². The molecule has 0 aliphatic rings. The molecule has 0 heterocycles. The van der Waals surface area contributed by atoms with Crippen LogP contribution in [0.25, 0.3) is 0 Å². The molecule has 0 fully saturated rings. The van der Waals surface area contributed by atoms with Gasteiger partial charge in [0, 0.05) is 20.0 Å². The van der Waals surface area contributed by atoms with Gasteiger partial charge in [0.15, 0.2) is 0 Å².